The largest absolute Gasteiger partial charge is 0.381 e. The molecule has 1 aliphatic heterocycles. The lowest BCUT2D eigenvalue weighted by atomic mass is 10.0. The second-order valence-corrected chi connectivity index (χ2v) is 6.62. The maximum atomic E-state index is 12.3. The average Bonchev–Trinajstić information content (AvgIpc) is 2.93. The summed E-state index contributed by atoms with van der Waals surface area (Å²) >= 11 is 0. The highest BCUT2D eigenvalue weighted by Crippen LogP contribution is 2.16. The molecule has 0 spiro atoms. The molecule has 0 radical (unpaired) electrons. The van der Waals surface area contributed by atoms with Gasteiger partial charge in [0, 0.05) is 31.9 Å². The number of H-pyrrole nitrogens is 1. The van der Waals surface area contributed by atoms with Gasteiger partial charge < -0.3 is 10.1 Å². The number of aromatic amines is 1. The number of nitrogens with one attached hydrogen (secondary N) is 3. The molecule has 1 fully saturated rings. The molecule has 2 rings (SSSR count). The van der Waals surface area contributed by atoms with E-state index in [1.807, 2.05) is 6.92 Å². The fourth-order valence-corrected chi connectivity index (χ4v) is 3.41. The Kier molecular flexibility index (Phi) is 5.53. The smallest absolute Gasteiger partial charge is 0.257 e. The van der Waals surface area contributed by atoms with Gasteiger partial charge >= 0.3 is 0 Å². The minimum atomic E-state index is -3.53. The minimum Gasteiger partial charge on any atom is -0.381 e. The number of ether oxygens (including phenoxy) is 1. The van der Waals surface area contributed by atoms with Crippen LogP contribution < -0.4 is 10.0 Å². The first-order valence-corrected chi connectivity index (χ1v) is 8.42. The van der Waals surface area contributed by atoms with Gasteiger partial charge in [-0.05, 0) is 25.3 Å². The van der Waals surface area contributed by atoms with E-state index in [0.29, 0.717) is 37.8 Å². The van der Waals surface area contributed by atoms with Crippen molar-refractivity contribution in [2.75, 3.05) is 26.3 Å². The Balaban J connectivity index is 1.97. The van der Waals surface area contributed by atoms with Crippen molar-refractivity contribution in [1.82, 2.24) is 20.2 Å². The van der Waals surface area contributed by atoms with Crippen LogP contribution in [-0.4, -0.2) is 44.9 Å². The van der Waals surface area contributed by atoms with Gasteiger partial charge in [0.2, 0.25) is 0 Å². The van der Waals surface area contributed by atoms with Gasteiger partial charge in [0.1, 0.15) is 0 Å². The summed E-state index contributed by atoms with van der Waals surface area (Å²) in [6, 6.07) is 0. The molecule has 1 saturated heterocycles. The monoisotopic (exact) mass is 302 g/mol. The highest BCUT2D eigenvalue weighted by atomic mass is 32.2. The predicted octanol–water partition coefficient (Wildman–Crippen LogP) is 0.224. The van der Waals surface area contributed by atoms with E-state index in [4.69, 9.17) is 4.74 Å². The first-order valence-electron chi connectivity index (χ1n) is 6.94. The third-order valence-electron chi connectivity index (χ3n) is 3.42. The van der Waals surface area contributed by atoms with E-state index >= 15 is 0 Å². The topological polar surface area (TPSA) is 96.1 Å². The summed E-state index contributed by atoms with van der Waals surface area (Å²) in [5, 5.41) is 9.67. The average molecular weight is 302 g/mol. The summed E-state index contributed by atoms with van der Waals surface area (Å²) in [5.74, 6) is 0.346. The molecule has 8 heteroatoms. The molecule has 20 heavy (non-hydrogen) atoms. The van der Waals surface area contributed by atoms with Crippen LogP contribution in [0.15, 0.2) is 11.2 Å². The van der Waals surface area contributed by atoms with E-state index in [2.05, 4.69) is 20.2 Å². The molecule has 0 atom stereocenters. The van der Waals surface area contributed by atoms with Crippen molar-refractivity contribution in [2.45, 2.75) is 31.3 Å². The Bertz CT molecular complexity index is 509. The van der Waals surface area contributed by atoms with Gasteiger partial charge in [-0.15, -0.1) is 0 Å². The molecule has 0 saturated carbocycles. The third-order valence-corrected chi connectivity index (χ3v) is 4.85. The normalized spacial score (nSPS) is 17.4. The van der Waals surface area contributed by atoms with Crippen LogP contribution in [0.2, 0.25) is 0 Å². The Hall–Kier alpha value is -0.960. The van der Waals surface area contributed by atoms with Gasteiger partial charge in [0.05, 0.1) is 6.20 Å². The zero-order chi connectivity index (χ0) is 14.4. The fraction of sp³-hybridized carbons (Fsp3) is 0.750. The van der Waals surface area contributed by atoms with Gasteiger partial charge in [-0.2, -0.15) is 5.10 Å². The lowest BCUT2D eigenvalue weighted by Crippen LogP contribution is -2.33. The number of aromatic nitrogens is 2. The third kappa shape index (κ3) is 4.02. The van der Waals surface area contributed by atoms with Crippen LogP contribution in [0.1, 0.15) is 25.3 Å². The molecular weight excluding hydrogens is 280 g/mol. The van der Waals surface area contributed by atoms with E-state index in [1.54, 1.807) is 6.20 Å². The first kappa shape index (κ1) is 15.4. The highest BCUT2D eigenvalue weighted by molar-refractivity contribution is 7.89. The van der Waals surface area contributed by atoms with Crippen LogP contribution in [-0.2, 0) is 21.3 Å². The summed E-state index contributed by atoms with van der Waals surface area (Å²) in [4.78, 5) is 0. The van der Waals surface area contributed by atoms with E-state index in [9.17, 15) is 8.42 Å². The van der Waals surface area contributed by atoms with E-state index in [1.165, 1.54) is 0 Å². The van der Waals surface area contributed by atoms with Gasteiger partial charge in [0.25, 0.3) is 10.0 Å². The Morgan fingerprint density at radius 1 is 1.45 bits per heavy atom. The van der Waals surface area contributed by atoms with Crippen LogP contribution in [0.5, 0.6) is 0 Å². The van der Waals surface area contributed by atoms with Crippen LogP contribution >= 0.6 is 0 Å². The summed E-state index contributed by atoms with van der Waals surface area (Å²) in [7, 11) is -3.53. The maximum Gasteiger partial charge on any atom is 0.257 e. The van der Waals surface area contributed by atoms with Crippen molar-refractivity contribution in [3.63, 3.8) is 0 Å². The quantitative estimate of drug-likeness (QED) is 0.670. The van der Waals surface area contributed by atoms with Crippen LogP contribution in [0, 0.1) is 5.92 Å². The zero-order valence-corrected chi connectivity index (χ0v) is 12.5. The summed E-state index contributed by atoms with van der Waals surface area (Å²) < 4.78 is 32.5. The molecule has 114 valence electrons. The lowest BCUT2D eigenvalue weighted by Gasteiger charge is -2.22. The van der Waals surface area contributed by atoms with Crippen LogP contribution in [0.3, 0.4) is 0 Å². The summed E-state index contributed by atoms with van der Waals surface area (Å²) in [6.07, 6.45) is 3.34. The van der Waals surface area contributed by atoms with Crippen molar-refractivity contribution >= 4 is 10.0 Å². The molecule has 0 unspecified atom stereocenters. The molecule has 3 N–H and O–H groups in total. The predicted molar refractivity (Wildman–Crippen MR) is 74.7 cm³/mol. The number of nitrogens with zero attached hydrogens (tertiary/aromatic N) is 1. The molecule has 0 bridgehead atoms. The van der Waals surface area contributed by atoms with Crippen molar-refractivity contribution in [1.29, 1.82) is 0 Å². The molecule has 2 heterocycles. The standard InChI is InChI=1S/C12H22N4O3S/c1-2-13-8-11-9-14-16-12(11)20(17,18)15-7-10-3-5-19-6-4-10/h9-10,13,15H,2-8H2,1H3,(H,14,16). The number of hydrogen-bond donors (Lipinski definition) is 3. The number of hydrogen-bond acceptors (Lipinski definition) is 5. The minimum absolute atomic E-state index is 0.158. The van der Waals surface area contributed by atoms with Gasteiger partial charge in [0.15, 0.2) is 5.03 Å². The summed E-state index contributed by atoms with van der Waals surface area (Å²) in [5.41, 5.74) is 0.659. The fourth-order valence-electron chi connectivity index (χ4n) is 2.17. The lowest BCUT2D eigenvalue weighted by molar-refractivity contribution is 0.0678. The molecular formula is C12H22N4O3S. The Morgan fingerprint density at radius 2 is 2.20 bits per heavy atom. The Labute approximate surface area is 119 Å². The molecule has 1 aromatic heterocycles. The second kappa shape index (κ2) is 7.16. The van der Waals surface area contributed by atoms with Gasteiger partial charge in [-0.1, -0.05) is 6.92 Å². The second-order valence-electron chi connectivity index (χ2n) is 4.91. The number of sulfonamides is 1. The molecule has 1 aliphatic rings. The van der Waals surface area contributed by atoms with Gasteiger partial charge in [-0.25, -0.2) is 13.1 Å². The maximum absolute atomic E-state index is 12.3. The van der Waals surface area contributed by atoms with E-state index in [-0.39, 0.29) is 5.03 Å². The summed E-state index contributed by atoms with van der Waals surface area (Å²) in [6.45, 7) is 5.11. The van der Waals surface area contributed by atoms with Crippen molar-refractivity contribution in [3.8, 4) is 0 Å². The van der Waals surface area contributed by atoms with Crippen LogP contribution in [0.25, 0.3) is 0 Å². The Morgan fingerprint density at radius 3 is 2.90 bits per heavy atom. The molecule has 1 aromatic rings. The number of rotatable bonds is 7. The van der Waals surface area contributed by atoms with E-state index in [0.717, 1.165) is 19.4 Å². The molecule has 0 amide bonds. The first-order chi connectivity index (χ1) is 9.63. The SMILES string of the molecule is CCNCc1cn[nH]c1S(=O)(=O)NCC1CCOCC1. The van der Waals surface area contributed by atoms with Gasteiger partial charge in [-0.3, -0.25) is 5.10 Å². The van der Waals surface area contributed by atoms with E-state index < -0.39 is 10.0 Å². The highest BCUT2D eigenvalue weighted by Gasteiger charge is 2.22. The van der Waals surface area contributed by atoms with Crippen molar-refractivity contribution < 1.29 is 13.2 Å². The molecule has 7 nitrogen and oxygen atoms in total. The molecule has 0 aliphatic carbocycles. The van der Waals surface area contributed by atoms with Crippen molar-refractivity contribution in [3.05, 3.63) is 11.8 Å². The molecule has 0 aromatic carbocycles. The van der Waals surface area contributed by atoms with Crippen molar-refractivity contribution in [2.24, 2.45) is 5.92 Å². The van der Waals surface area contributed by atoms with Crippen LogP contribution in [0.4, 0.5) is 0 Å². The zero-order valence-electron chi connectivity index (χ0n) is 11.7.